The van der Waals surface area contributed by atoms with E-state index in [0.717, 1.165) is 70.0 Å². The van der Waals surface area contributed by atoms with Crippen LogP contribution in [-0.4, -0.2) is 42.6 Å². The summed E-state index contributed by atoms with van der Waals surface area (Å²) < 4.78 is 11.5. The van der Waals surface area contributed by atoms with E-state index in [1.807, 2.05) is 24.3 Å². The molecule has 5 nitrogen and oxygen atoms in total. The van der Waals surface area contributed by atoms with Gasteiger partial charge >= 0.3 is 0 Å². The van der Waals surface area contributed by atoms with Gasteiger partial charge in [0, 0.05) is 17.5 Å². The number of hydrogen-bond acceptors (Lipinski definition) is 5. The third kappa shape index (κ3) is 1.45. The second-order valence-corrected chi connectivity index (χ2v) is 10.6. The maximum atomic E-state index is 13.5. The van der Waals surface area contributed by atoms with Gasteiger partial charge in [-0.2, -0.15) is 0 Å². The van der Waals surface area contributed by atoms with E-state index >= 15 is 0 Å². The molecule has 1 unspecified atom stereocenters. The summed E-state index contributed by atoms with van der Waals surface area (Å²) in [5.74, 6) is 7.44. The fourth-order valence-corrected chi connectivity index (χ4v) is 9.39. The summed E-state index contributed by atoms with van der Waals surface area (Å²) in [6.45, 7) is 1.99. The van der Waals surface area contributed by atoms with Gasteiger partial charge in [-0.05, 0) is 53.6 Å². The summed E-state index contributed by atoms with van der Waals surface area (Å²) >= 11 is 1.62. The lowest BCUT2D eigenvalue weighted by Gasteiger charge is -3.06. The summed E-state index contributed by atoms with van der Waals surface area (Å²) in [5.41, 5.74) is 1.99. The molecule has 0 bridgehead atoms. The highest BCUT2D eigenvalue weighted by atomic mass is 32.1. The van der Waals surface area contributed by atoms with E-state index in [-0.39, 0.29) is 11.5 Å². The van der Waals surface area contributed by atoms with Gasteiger partial charge in [-0.1, -0.05) is 12.1 Å². The molecule has 29 heavy (non-hydrogen) atoms. The van der Waals surface area contributed by atoms with Gasteiger partial charge in [-0.3, -0.25) is 4.79 Å². The highest BCUT2D eigenvalue weighted by Gasteiger charge is 3.06. The highest BCUT2D eigenvalue weighted by molar-refractivity contribution is 7.10. The minimum atomic E-state index is -0.117. The van der Waals surface area contributed by atoms with Crippen LogP contribution in [0.25, 0.3) is 11.3 Å². The number of carbonyl (C=O) groups excluding carboxylic acids is 1. The molecule has 2 heterocycles. The molecule has 1 saturated heterocycles. The van der Waals surface area contributed by atoms with Crippen molar-refractivity contribution in [3.63, 3.8) is 0 Å². The van der Waals surface area contributed by atoms with Crippen molar-refractivity contribution in [1.82, 2.24) is 9.88 Å². The van der Waals surface area contributed by atoms with Crippen LogP contribution in [0.1, 0.15) is 11.1 Å². The predicted octanol–water partition coefficient (Wildman–Crippen LogP) is 3.09. The molecule has 1 amide bonds. The van der Waals surface area contributed by atoms with Crippen molar-refractivity contribution in [2.75, 3.05) is 26.8 Å². The zero-order valence-electron chi connectivity index (χ0n) is 16.2. The van der Waals surface area contributed by atoms with Crippen LogP contribution in [0.4, 0.5) is 0 Å². The summed E-state index contributed by atoms with van der Waals surface area (Å²) in [7, 11) is 1.68. The number of rotatable bonds is 4. The van der Waals surface area contributed by atoms with Gasteiger partial charge in [-0.15, -0.1) is 11.3 Å². The van der Waals surface area contributed by atoms with Crippen LogP contribution < -0.4 is 4.74 Å². The first-order chi connectivity index (χ1) is 14.3. The molecular weight excluding hydrogens is 384 g/mol. The third-order valence-corrected chi connectivity index (χ3v) is 10.3. The van der Waals surface area contributed by atoms with Crippen molar-refractivity contribution < 1.29 is 14.3 Å². The number of morpholine rings is 1. The van der Waals surface area contributed by atoms with Crippen LogP contribution in [0.3, 0.4) is 0 Å². The van der Waals surface area contributed by atoms with Crippen molar-refractivity contribution in [2.45, 2.75) is 6.10 Å². The summed E-state index contributed by atoms with van der Waals surface area (Å²) in [6.07, 6.45) is -0.117. The molecule has 6 saturated carbocycles. The first-order valence-corrected chi connectivity index (χ1v) is 11.6. The lowest BCUT2D eigenvalue weighted by molar-refractivity contribution is -0.597. The van der Waals surface area contributed by atoms with Crippen LogP contribution in [0, 0.1) is 46.8 Å². The number of aromatic nitrogens is 1. The van der Waals surface area contributed by atoms with Crippen LogP contribution in [0.2, 0.25) is 0 Å². The van der Waals surface area contributed by atoms with Gasteiger partial charge in [0.1, 0.15) is 16.9 Å². The number of hydrogen-bond donors (Lipinski definition) is 0. The van der Waals surface area contributed by atoms with E-state index in [2.05, 4.69) is 10.3 Å². The molecule has 7 aliphatic rings. The van der Waals surface area contributed by atoms with Gasteiger partial charge in [-0.25, -0.2) is 4.98 Å². The average Bonchev–Trinajstić information content (AvgIpc) is 3.29. The van der Waals surface area contributed by atoms with Crippen molar-refractivity contribution in [3.05, 3.63) is 34.7 Å². The van der Waals surface area contributed by atoms with Gasteiger partial charge in [0.15, 0.2) is 0 Å². The Morgan fingerprint density at radius 2 is 1.97 bits per heavy atom. The van der Waals surface area contributed by atoms with E-state index in [9.17, 15) is 4.79 Å². The molecule has 6 heteroatoms. The van der Waals surface area contributed by atoms with Gasteiger partial charge in [0.25, 0.3) is 0 Å². The van der Waals surface area contributed by atoms with Crippen molar-refractivity contribution in [1.29, 1.82) is 0 Å². The molecule has 0 spiro atoms. The van der Waals surface area contributed by atoms with Gasteiger partial charge in [0.05, 0.1) is 31.4 Å². The Morgan fingerprint density at radius 1 is 1.21 bits per heavy atom. The van der Waals surface area contributed by atoms with E-state index in [1.54, 1.807) is 18.4 Å². The molecule has 2 aromatic rings. The number of nitrogens with zero attached hydrogens (tertiary/aromatic N) is 2. The minimum absolute atomic E-state index is 0.0854. The number of amides is 1. The van der Waals surface area contributed by atoms with Crippen LogP contribution >= 0.6 is 11.3 Å². The summed E-state index contributed by atoms with van der Waals surface area (Å²) in [5, 5.41) is 3.02. The second-order valence-electron chi connectivity index (χ2n) is 9.70. The molecule has 6 aliphatic carbocycles. The number of ether oxygens (including phenoxy) is 2. The van der Waals surface area contributed by atoms with Crippen molar-refractivity contribution >= 4 is 17.2 Å². The van der Waals surface area contributed by atoms with E-state index in [0.29, 0.717) is 19.1 Å². The SMILES string of the molecule is COc1ccccc1-c1csc(C2CN(C(=O)C34C5C6C7C5C3C7C64)CCO2)n1. The quantitative estimate of drug-likeness (QED) is 0.783. The third-order valence-electron chi connectivity index (χ3n) is 9.38. The molecule has 0 N–H and O–H groups in total. The Kier molecular flexibility index (Phi) is 2.66. The minimum Gasteiger partial charge on any atom is -0.496 e. The Hall–Kier alpha value is -1.92. The molecule has 1 atom stereocenters. The fourth-order valence-electron chi connectivity index (χ4n) is 8.53. The molecule has 7 fully saturated rings. The number of carbonyl (C=O) groups is 1. The fraction of sp³-hybridized carbons (Fsp3) is 0.565. The van der Waals surface area contributed by atoms with E-state index < -0.39 is 0 Å². The largest absolute Gasteiger partial charge is 0.496 e. The Bertz CT molecular complexity index is 1030. The lowest BCUT2D eigenvalue weighted by atomic mass is 8.96. The maximum absolute atomic E-state index is 13.5. The van der Waals surface area contributed by atoms with Crippen molar-refractivity contribution in [3.8, 4) is 17.0 Å². The number of methoxy groups -OCH3 is 1. The van der Waals surface area contributed by atoms with Crippen LogP contribution in [0.15, 0.2) is 29.6 Å². The first-order valence-electron chi connectivity index (χ1n) is 10.8. The molecule has 1 aromatic heterocycles. The monoisotopic (exact) mass is 406 g/mol. The molecule has 148 valence electrons. The second kappa shape index (κ2) is 4.86. The smallest absolute Gasteiger partial charge is 0.229 e. The Morgan fingerprint density at radius 3 is 2.72 bits per heavy atom. The Labute approximate surface area is 173 Å². The molecular formula is C23H22N2O3S. The first kappa shape index (κ1) is 15.9. The normalized spacial score (nSPS) is 46.4. The number of thiazole rings is 1. The molecule has 1 aromatic carbocycles. The average molecular weight is 407 g/mol. The molecule has 0 radical (unpaired) electrons. The number of benzene rings is 1. The van der Waals surface area contributed by atoms with Gasteiger partial charge in [0.2, 0.25) is 5.91 Å². The zero-order valence-corrected chi connectivity index (χ0v) is 17.0. The molecule has 1 aliphatic heterocycles. The summed E-state index contributed by atoms with van der Waals surface area (Å²) in [6, 6.07) is 7.95. The lowest BCUT2D eigenvalue weighted by Crippen LogP contribution is -3.07. The number of para-hydroxylation sites is 1. The van der Waals surface area contributed by atoms with Gasteiger partial charge < -0.3 is 14.4 Å². The molecule has 9 rings (SSSR count). The van der Waals surface area contributed by atoms with Crippen molar-refractivity contribution in [2.24, 2.45) is 46.8 Å². The maximum Gasteiger partial charge on any atom is 0.229 e. The van der Waals surface area contributed by atoms with Crippen LogP contribution in [-0.2, 0) is 9.53 Å². The zero-order chi connectivity index (χ0) is 19.1. The van der Waals surface area contributed by atoms with E-state index in [1.165, 1.54) is 0 Å². The predicted molar refractivity (Wildman–Crippen MR) is 106 cm³/mol. The van der Waals surface area contributed by atoms with Crippen LogP contribution in [0.5, 0.6) is 5.75 Å². The standard InChI is InChI=1S/C23H22N2O3S/c1-27-12-5-3-2-4-10(12)11-9-29-21(24-11)13-8-25(6-7-28-13)22(26)23-18-15-14-16(18)20(23)17(14)19(15)23/h2-5,9,13-20H,6-8H2,1H3. The van der Waals surface area contributed by atoms with E-state index in [4.69, 9.17) is 14.5 Å². The summed E-state index contributed by atoms with van der Waals surface area (Å²) in [4.78, 5) is 20.5. The Balaban J connectivity index is 1.04. The topological polar surface area (TPSA) is 51.7 Å². The highest BCUT2D eigenvalue weighted by Crippen LogP contribution is 3.06.